The maximum Gasteiger partial charge on any atom is 0.422 e. The van der Waals surface area contributed by atoms with Crippen molar-refractivity contribution in [1.29, 1.82) is 0 Å². The van der Waals surface area contributed by atoms with Gasteiger partial charge in [-0.2, -0.15) is 0 Å². The van der Waals surface area contributed by atoms with E-state index in [1.54, 1.807) is 32.9 Å². The highest BCUT2D eigenvalue weighted by molar-refractivity contribution is 5.88. The van der Waals surface area contributed by atoms with E-state index in [0.29, 0.717) is 11.3 Å². The summed E-state index contributed by atoms with van der Waals surface area (Å²) in [5, 5.41) is 0. The summed E-state index contributed by atoms with van der Waals surface area (Å²) in [6, 6.07) is 15.4. The minimum Gasteiger partial charge on any atom is -0.465 e. The molecule has 0 aliphatic carbocycles. The van der Waals surface area contributed by atoms with Crippen molar-refractivity contribution < 1.29 is 19.1 Å². The molecule has 1 heterocycles. The number of nitrogens with zero attached hydrogens (tertiary/aromatic N) is 2. The van der Waals surface area contributed by atoms with Crippen molar-refractivity contribution in [3.8, 4) is 12.0 Å². The monoisotopic (exact) mass is 366 g/mol. The predicted molar refractivity (Wildman–Crippen MR) is 101 cm³/mol. The van der Waals surface area contributed by atoms with Crippen LogP contribution in [-0.2, 0) is 16.0 Å². The fraction of sp³-hybridized carbons (Fsp3) is 0.286. The summed E-state index contributed by atoms with van der Waals surface area (Å²) in [5.74, 6) is 2.47. The fourth-order valence-electron chi connectivity index (χ4n) is 2.04. The molecule has 6 heteroatoms. The van der Waals surface area contributed by atoms with E-state index in [0.717, 1.165) is 5.56 Å². The fourth-order valence-corrected chi connectivity index (χ4v) is 2.04. The Morgan fingerprint density at radius 2 is 1.81 bits per heavy atom. The molecule has 0 saturated heterocycles. The summed E-state index contributed by atoms with van der Waals surface area (Å²) in [7, 11) is 1.31. The molecule has 0 aliphatic heterocycles. The summed E-state index contributed by atoms with van der Waals surface area (Å²) in [5.41, 5.74) is 1.03. The van der Waals surface area contributed by atoms with E-state index < -0.39 is 17.7 Å². The standard InChI is InChI=1S/C21H22N2O4/c1-21(2,3)27-20(25)23(13-12-16-8-6-5-7-9-16)15-18-11-10-17(14-22-18)19(24)26-4/h5-11,14H,15H2,1-4H3. The van der Waals surface area contributed by atoms with E-state index in [2.05, 4.69) is 21.7 Å². The van der Waals surface area contributed by atoms with Crippen molar-refractivity contribution in [2.75, 3.05) is 7.11 Å². The lowest BCUT2D eigenvalue weighted by Gasteiger charge is -2.23. The summed E-state index contributed by atoms with van der Waals surface area (Å²) >= 11 is 0. The molecule has 0 spiro atoms. The van der Waals surface area contributed by atoms with Crippen LogP contribution in [0.4, 0.5) is 4.79 Å². The Morgan fingerprint density at radius 1 is 1.11 bits per heavy atom. The maximum atomic E-state index is 12.5. The molecule has 0 bridgehead atoms. The van der Waals surface area contributed by atoms with Gasteiger partial charge in [0.05, 0.1) is 24.9 Å². The van der Waals surface area contributed by atoms with Gasteiger partial charge in [0.25, 0.3) is 0 Å². The normalized spacial score (nSPS) is 10.4. The molecule has 1 aromatic heterocycles. The Labute approximate surface area is 159 Å². The molecule has 0 N–H and O–H groups in total. The SMILES string of the molecule is COC(=O)c1ccc(CN(C#Cc2ccccc2)C(=O)OC(C)(C)C)nc1. The number of hydrogen-bond donors (Lipinski definition) is 0. The quantitative estimate of drug-likeness (QED) is 0.471. The first-order chi connectivity index (χ1) is 12.8. The summed E-state index contributed by atoms with van der Waals surface area (Å²) in [4.78, 5) is 29.5. The Morgan fingerprint density at radius 3 is 2.37 bits per heavy atom. The number of benzene rings is 1. The topological polar surface area (TPSA) is 68.7 Å². The highest BCUT2D eigenvalue weighted by Crippen LogP contribution is 2.12. The first-order valence-electron chi connectivity index (χ1n) is 8.39. The number of ether oxygens (including phenoxy) is 2. The Hall–Kier alpha value is -3.33. The van der Waals surface area contributed by atoms with Crippen LogP contribution in [0.2, 0.25) is 0 Å². The molecule has 2 aromatic rings. The molecule has 0 radical (unpaired) electrons. The van der Waals surface area contributed by atoms with Gasteiger partial charge in [0, 0.05) is 17.8 Å². The average molecular weight is 366 g/mol. The number of methoxy groups -OCH3 is 1. The van der Waals surface area contributed by atoms with E-state index in [1.165, 1.54) is 18.2 Å². The zero-order chi connectivity index (χ0) is 19.9. The number of amides is 1. The van der Waals surface area contributed by atoms with E-state index >= 15 is 0 Å². The summed E-state index contributed by atoms with van der Waals surface area (Å²) < 4.78 is 10.1. The van der Waals surface area contributed by atoms with Crippen LogP contribution in [-0.4, -0.2) is 34.7 Å². The third-order valence-electron chi connectivity index (χ3n) is 3.29. The largest absolute Gasteiger partial charge is 0.465 e. The van der Waals surface area contributed by atoms with E-state index in [1.807, 2.05) is 30.3 Å². The van der Waals surface area contributed by atoms with Gasteiger partial charge in [0.2, 0.25) is 0 Å². The van der Waals surface area contributed by atoms with Gasteiger partial charge in [-0.15, -0.1) is 0 Å². The second-order valence-corrected chi connectivity index (χ2v) is 6.70. The molecule has 0 atom stereocenters. The molecule has 0 unspecified atom stereocenters. The first kappa shape index (κ1) is 20.0. The molecule has 140 valence electrons. The van der Waals surface area contributed by atoms with Crippen LogP contribution in [0.5, 0.6) is 0 Å². The number of hydrogen-bond acceptors (Lipinski definition) is 5. The maximum absolute atomic E-state index is 12.5. The lowest BCUT2D eigenvalue weighted by atomic mass is 10.2. The zero-order valence-electron chi connectivity index (χ0n) is 15.9. The van der Waals surface area contributed by atoms with Gasteiger partial charge in [-0.05, 0) is 51.0 Å². The molecule has 6 nitrogen and oxygen atoms in total. The van der Waals surface area contributed by atoms with E-state index in [-0.39, 0.29) is 6.54 Å². The molecule has 0 fully saturated rings. The summed E-state index contributed by atoms with van der Waals surface area (Å²) in [6.45, 7) is 5.49. The third-order valence-corrected chi connectivity index (χ3v) is 3.29. The molecule has 27 heavy (non-hydrogen) atoms. The van der Waals surface area contributed by atoms with Gasteiger partial charge in [-0.3, -0.25) is 4.98 Å². The van der Waals surface area contributed by atoms with Crippen LogP contribution in [0.3, 0.4) is 0 Å². The highest BCUT2D eigenvalue weighted by Gasteiger charge is 2.22. The summed E-state index contributed by atoms with van der Waals surface area (Å²) in [6.07, 6.45) is 0.837. The van der Waals surface area contributed by atoms with Crippen molar-refractivity contribution in [2.24, 2.45) is 0 Å². The van der Waals surface area contributed by atoms with Crippen LogP contribution >= 0.6 is 0 Å². The second kappa shape index (κ2) is 8.86. The third kappa shape index (κ3) is 6.48. The van der Waals surface area contributed by atoms with Gasteiger partial charge in [-0.1, -0.05) is 18.2 Å². The van der Waals surface area contributed by atoms with E-state index in [4.69, 9.17) is 4.74 Å². The number of rotatable bonds is 3. The molecular weight excluding hydrogens is 344 g/mol. The molecular formula is C21H22N2O4. The van der Waals surface area contributed by atoms with Gasteiger partial charge >= 0.3 is 12.1 Å². The Bertz CT molecular complexity index is 844. The second-order valence-electron chi connectivity index (χ2n) is 6.70. The smallest absolute Gasteiger partial charge is 0.422 e. The number of carbonyl (C=O) groups is 2. The zero-order valence-corrected chi connectivity index (χ0v) is 15.9. The lowest BCUT2D eigenvalue weighted by molar-refractivity contribution is 0.0339. The van der Waals surface area contributed by atoms with Crippen molar-refractivity contribution in [3.05, 3.63) is 65.5 Å². The van der Waals surface area contributed by atoms with Gasteiger partial charge < -0.3 is 9.47 Å². The predicted octanol–water partition coefficient (Wildman–Crippen LogP) is 3.61. The number of esters is 1. The van der Waals surface area contributed by atoms with Crippen LogP contribution < -0.4 is 0 Å². The molecule has 1 aromatic carbocycles. The lowest BCUT2D eigenvalue weighted by Crippen LogP contribution is -2.33. The van der Waals surface area contributed by atoms with Crippen LogP contribution in [0.25, 0.3) is 0 Å². The van der Waals surface area contributed by atoms with Crippen LogP contribution in [0, 0.1) is 12.0 Å². The Balaban J connectivity index is 2.22. The number of pyridine rings is 1. The van der Waals surface area contributed by atoms with Gasteiger partial charge in [-0.25, -0.2) is 14.5 Å². The van der Waals surface area contributed by atoms with Crippen LogP contribution in [0.15, 0.2) is 48.7 Å². The molecule has 0 saturated carbocycles. The highest BCUT2D eigenvalue weighted by atomic mass is 16.6. The van der Waals surface area contributed by atoms with Crippen molar-refractivity contribution in [1.82, 2.24) is 9.88 Å². The first-order valence-corrected chi connectivity index (χ1v) is 8.39. The van der Waals surface area contributed by atoms with Crippen molar-refractivity contribution in [3.63, 3.8) is 0 Å². The molecule has 1 amide bonds. The van der Waals surface area contributed by atoms with Gasteiger partial charge in [0.15, 0.2) is 0 Å². The van der Waals surface area contributed by atoms with Crippen molar-refractivity contribution in [2.45, 2.75) is 32.9 Å². The minimum atomic E-state index is -0.647. The average Bonchev–Trinajstić information content (AvgIpc) is 2.64. The van der Waals surface area contributed by atoms with Crippen LogP contribution in [0.1, 0.15) is 42.4 Å². The van der Waals surface area contributed by atoms with Gasteiger partial charge in [0.1, 0.15) is 5.60 Å². The van der Waals surface area contributed by atoms with Crippen molar-refractivity contribution >= 4 is 12.1 Å². The van der Waals surface area contributed by atoms with E-state index in [9.17, 15) is 9.59 Å². The molecule has 2 rings (SSSR count). The number of aromatic nitrogens is 1. The number of carbonyl (C=O) groups excluding carboxylic acids is 2. The Kier molecular flexibility index (Phi) is 6.56. The minimum absolute atomic E-state index is 0.121. The molecule has 0 aliphatic rings.